The first kappa shape index (κ1) is 13.8. The van der Waals surface area contributed by atoms with Gasteiger partial charge in [0.05, 0.1) is 35.9 Å². The monoisotopic (exact) mass is 294 g/mol. The van der Waals surface area contributed by atoms with Crippen molar-refractivity contribution in [3.05, 3.63) is 66.7 Å². The molecule has 0 atom stereocenters. The third-order valence-electron chi connectivity index (χ3n) is 3.09. The zero-order valence-corrected chi connectivity index (χ0v) is 11.9. The number of anilines is 2. The Hall–Kier alpha value is -3.15. The van der Waals surface area contributed by atoms with Gasteiger partial charge in [0.15, 0.2) is 0 Å². The molecule has 0 aliphatic heterocycles. The normalized spacial score (nSPS) is 10.2. The van der Waals surface area contributed by atoms with Gasteiger partial charge in [-0.15, -0.1) is 0 Å². The van der Waals surface area contributed by atoms with E-state index in [4.69, 9.17) is 4.74 Å². The molecule has 110 valence electrons. The molecule has 0 bridgehead atoms. The minimum atomic E-state index is -0.420. The standard InChI is InChI=1S/C16H14N4O2/c1-22-16(21)12-9-13(11-17-10-12)19-14-5-2-3-6-15(14)20-8-4-7-18-20/h2-11,19H,1H3. The summed E-state index contributed by atoms with van der Waals surface area (Å²) < 4.78 is 6.47. The second-order valence-corrected chi connectivity index (χ2v) is 4.55. The molecule has 0 aliphatic rings. The van der Waals surface area contributed by atoms with E-state index < -0.39 is 5.97 Å². The minimum absolute atomic E-state index is 0.393. The number of methoxy groups -OCH3 is 1. The summed E-state index contributed by atoms with van der Waals surface area (Å²) in [6, 6.07) is 11.3. The molecule has 1 N–H and O–H groups in total. The molecular weight excluding hydrogens is 280 g/mol. The topological polar surface area (TPSA) is 69.0 Å². The summed E-state index contributed by atoms with van der Waals surface area (Å²) in [4.78, 5) is 15.6. The van der Waals surface area contributed by atoms with Gasteiger partial charge in [-0.1, -0.05) is 12.1 Å². The number of para-hydroxylation sites is 2. The average molecular weight is 294 g/mol. The molecule has 22 heavy (non-hydrogen) atoms. The lowest BCUT2D eigenvalue weighted by Gasteiger charge is -2.12. The van der Waals surface area contributed by atoms with Crippen molar-refractivity contribution in [1.82, 2.24) is 14.8 Å². The first-order chi connectivity index (χ1) is 10.8. The maximum Gasteiger partial charge on any atom is 0.339 e. The number of nitrogens with zero attached hydrogens (tertiary/aromatic N) is 3. The molecule has 3 aromatic rings. The fourth-order valence-electron chi connectivity index (χ4n) is 2.08. The Balaban J connectivity index is 1.93. The summed E-state index contributed by atoms with van der Waals surface area (Å²) in [6.45, 7) is 0. The molecule has 3 rings (SSSR count). The summed E-state index contributed by atoms with van der Waals surface area (Å²) in [5.74, 6) is -0.420. The van der Waals surface area contributed by atoms with Crippen LogP contribution in [0.1, 0.15) is 10.4 Å². The molecule has 6 heteroatoms. The first-order valence-electron chi connectivity index (χ1n) is 6.67. The van der Waals surface area contributed by atoms with Gasteiger partial charge >= 0.3 is 5.97 Å². The Kier molecular flexibility index (Phi) is 3.82. The Labute approximate surface area is 127 Å². The second-order valence-electron chi connectivity index (χ2n) is 4.55. The van der Waals surface area contributed by atoms with Crippen LogP contribution in [0.2, 0.25) is 0 Å². The molecule has 2 aromatic heterocycles. The Morgan fingerprint density at radius 1 is 1.23 bits per heavy atom. The highest BCUT2D eigenvalue weighted by Gasteiger charge is 2.08. The van der Waals surface area contributed by atoms with E-state index in [0.29, 0.717) is 11.3 Å². The molecule has 2 heterocycles. The molecule has 0 spiro atoms. The molecule has 0 saturated heterocycles. The largest absolute Gasteiger partial charge is 0.465 e. The number of aromatic nitrogens is 3. The summed E-state index contributed by atoms with van der Waals surface area (Å²) >= 11 is 0. The van der Waals surface area contributed by atoms with Gasteiger partial charge in [-0.2, -0.15) is 5.10 Å². The Bertz CT molecular complexity index is 784. The third-order valence-corrected chi connectivity index (χ3v) is 3.09. The van der Waals surface area contributed by atoms with Crippen molar-refractivity contribution < 1.29 is 9.53 Å². The number of rotatable bonds is 4. The molecule has 0 amide bonds. The number of pyridine rings is 1. The highest BCUT2D eigenvalue weighted by molar-refractivity contribution is 5.90. The van der Waals surface area contributed by atoms with E-state index in [1.807, 2.05) is 36.5 Å². The van der Waals surface area contributed by atoms with E-state index in [2.05, 4.69) is 15.4 Å². The van der Waals surface area contributed by atoms with Gasteiger partial charge < -0.3 is 10.1 Å². The molecule has 0 saturated carbocycles. The number of hydrogen-bond donors (Lipinski definition) is 1. The number of ether oxygens (including phenoxy) is 1. The smallest absolute Gasteiger partial charge is 0.339 e. The van der Waals surface area contributed by atoms with Crippen LogP contribution >= 0.6 is 0 Å². The Morgan fingerprint density at radius 3 is 2.86 bits per heavy atom. The minimum Gasteiger partial charge on any atom is -0.465 e. The zero-order valence-electron chi connectivity index (χ0n) is 11.9. The van der Waals surface area contributed by atoms with Crippen molar-refractivity contribution in [3.63, 3.8) is 0 Å². The van der Waals surface area contributed by atoms with Crippen LogP contribution in [-0.2, 0) is 4.74 Å². The Morgan fingerprint density at radius 2 is 2.09 bits per heavy atom. The second kappa shape index (κ2) is 6.09. The summed E-state index contributed by atoms with van der Waals surface area (Å²) in [5.41, 5.74) is 2.84. The highest BCUT2D eigenvalue weighted by Crippen LogP contribution is 2.23. The maximum absolute atomic E-state index is 11.6. The molecule has 1 aromatic carbocycles. The van der Waals surface area contributed by atoms with Gasteiger partial charge in [0.1, 0.15) is 0 Å². The van der Waals surface area contributed by atoms with Crippen LogP contribution in [-0.4, -0.2) is 27.8 Å². The number of benzene rings is 1. The van der Waals surface area contributed by atoms with Crippen molar-refractivity contribution in [2.24, 2.45) is 0 Å². The van der Waals surface area contributed by atoms with E-state index in [-0.39, 0.29) is 0 Å². The van der Waals surface area contributed by atoms with Crippen LogP contribution in [0, 0.1) is 0 Å². The predicted octanol–water partition coefficient (Wildman–Crippen LogP) is 2.80. The van der Waals surface area contributed by atoms with Crippen molar-refractivity contribution >= 4 is 17.3 Å². The van der Waals surface area contributed by atoms with Crippen molar-refractivity contribution in [2.45, 2.75) is 0 Å². The molecular formula is C16H14N4O2. The number of hydrogen-bond acceptors (Lipinski definition) is 5. The van der Waals surface area contributed by atoms with Gasteiger partial charge in [-0.25, -0.2) is 9.48 Å². The van der Waals surface area contributed by atoms with Crippen molar-refractivity contribution in [2.75, 3.05) is 12.4 Å². The molecule has 0 radical (unpaired) electrons. The highest BCUT2D eigenvalue weighted by atomic mass is 16.5. The van der Waals surface area contributed by atoms with Gasteiger partial charge in [-0.05, 0) is 24.3 Å². The summed E-state index contributed by atoms with van der Waals surface area (Å²) in [6.07, 6.45) is 6.70. The zero-order chi connectivity index (χ0) is 15.4. The van der Waals surface area contributed by atoms with Crippen LogP contribution in [0.25, 0.3) is 5.69 Å². The fraction of sp³-hybridized carbons (Fsp3) is 0.0625. The predicted molar refractivity (Wildman–Crippen MR) is 82.4 cm³/mol. The molecule has 6 nitrogen and oxygen atoms in total. The molecule has 0 unspecified atom stereocenters. The number of carbonyl (C=O) groups excluding carboxylic acids is 1. The van der Waals surface area contributed by atoms with Gasteiger partial charge in [0.2, 0.25) is 0 Å². The quantitative estimate of drug-likeness (QED) is 0.749. The van der Waals surface area contributed by atoms with Gasteiger partial charge in [-0.3, -0.25) is 4.98 Å². The number of nitrogens with one attached hydrogen (secondary N) is 1. The lowest BCUT2D eigenvalue weighted by molar-refractivity contribution is 0.0600. The summed E-state index contributed by atoms with van der Waals surface area (Å²) in [7, 11) is 1.34. The van der Waals surface area contributed by atoms with Crippen LogP contribution < -0.4 is 5.32 Å². The van der Waals surface area contributed by atoms with Gasteiger partial charge in [0.25, 0.3) is 0 Å². The van der Waals surface area contributed by atoms with E-state index in [0.717, 1.165) is 11.4 Å². The van der Waals surface area contributed by atoms with Crippen LogP contribution in [0.3, 0.4) is 0 Å². The maximum atomic E-state index is 11.6. The van der Waals surface area contributed by atoms with Gasteiger partial charge in [0, 0.05) is 18.6 Å². The third kappa shape index (κ3) is 2.80. The SMILES string of the molecule is COC(=O)c1cncc(Nc2ccccc2-n2cccn2)c1. The van der Waals surface area contributed by atoms with Crippen molar-refractivity contribution in [1.29, 1.82) is 0 Å². The first-order valence-corrected chi connectivity index (χ1v) is 6.67. The van der Waals surface area contributed by atoms with E-state index in [1.165, 1.54) is 13.3 Å². The molecule has 0 aliphatic carbocycles. The van der Waals surface area contributed by atoms with Crippen LogP contribution in [0.4, 0.5) is 11.4 Å². The lowest BCUT2D eigenvalue weighted by atomic mass is 10.2. The number of esters is 1. The van der Waals surface area contributed by atoms with E-state index >= 15 is 0 Å². The number of carbonyl (C=O) groups is 1. The van der Waals surface area contributed by atoms with Crippen molar-refractivity contribution in [3.8, 4) is 5.69 Å². The van der Waals surface area contributed by atoms with E-state index in [1.54, 1.807) is 23.1 Å². The molecule has 0 fully saturated rings. The van der Waals surface area contributed by atoms with E-state index in [9.17, 15) is 4.79 Å². The van der Waals surface area contributed by atoms with Crippen LogP contribution in [0.5, 0.6) is 0 Å². The lowest BCUT2D eigenvalue weighted by Crippen LogP contribution is -2.04. The van der Waals surface area contributed by atoms with Crippen LogP contribution in [0.15, 0.2) is 61.2 Å². The fourth-order valence-corrected chi connectivity index (χ4v) is 2.08. The summed E-state index contributed by atoms with van der Waals surface area (Å²) in [5, 5.41) is 7.48. The average Bonchev–Trinajstić information content (AvgIpc) is 3.09.